The molecule has 0 aromatic carbocycles. The second-order valence-electron chi connectivity index (χ2n) is 5.43. The van der Waals surface area contributed by atoms with Crippen LogP contribution in [0.15, 0.2) is 18.3 Å². The number of pyridine rings is 1. The number of thioether (sulfide) groups is 1. The van der Waals surface area contributed by atoms with Gasteiger partial charge in [-0.25, -0.2) is 4.98 Å². The monoisotopic (exact) mass is 336 g/mol. The Hall–Kier alpha value is -1.80. The fourth-order valence-corrected chi connectivity index (χ4v) is 3.36. The van der Waals surface area contributed by atoms with Crippen molar-refractivity contribution in [3.63, 3.8) is 0 Å². The number of anilines is 1. The molecule has 0 spiro atoms. The van der Waals surface area contributed by atoms with Crippen molar-refractivity contribution in [3.8, 4) is 0 Å². The van der Waals surface area contributed by atoms with E-state index in [4.69, 9.17) is 4.74 Å². The predicted octanol–water partition coefficient (Wildman–Crippen LogP) is 0.703. The maximum Gasteiger partial charge on any atom is 0.282 e. The van der Waals surface area contributed by atoms with Crippen LogP contribution in [0.2, 0.25) is 0 Å². The molecule has 8 heteroatoms. The first kappa shape index (κ1) is 16.1. The molecular formula is C15H20N4O3S. The van der Waals surface area contributed by atoms with Crippen molar-refractivity contribution in [3.05, 3.63) is 23.9 Å². The van der Waals surface area contributed by atoms with Gasteiger partial charge in [-0.05, 0) is 17.7 Å². The highest BCUT2D eigenvalue weighted by Crippen LogP contribution is 2.17. The van der Waals surface area contributed by atoms with Crippen LogP contribution >= 0.6 is 11.8 Å². The van der Waals surface area contributed by atoms with Crippen LogP contribution in [-0.2, 0) is 16.1 Å². The molecule has 1 aromatic rings. The predicted molar refractivity (Wildman–Crippen MR) is 88.5 cm³/mol. The highest BCUT2D eigenvalue weighted by molar-refractivity contribution is 8.13. The van der Waals surface area contributed by atoms with Gasteiger partial charge in [-0.1, -0.05) is 11.8 Å². The van der Waals surface area contributed by atoms with E-state index in [1.807, 2.05) is 12.1 Å². The highest BCUT2D eigenvalue weighted by Gasteiger charge is 2.23. The molecule has 2 aliphatic heterocycles. The molecular weight excluding hydrogens is 316 g/mol. The standard InChI is InChI=1S/C15H20N4O3S/c20-14(11-19-5-8-23-15(19)21)17-10-12-1-2-16-13(9-12)18-3-6-22-7-4-18/h1-2,9H,3-8,10-11H2,(H,17,20). The van der Waals surface area contributed by atoms with Crippen LogP contribution < -0.4 is 10.2 Å². The number of hydrogen-bond acceptors (Lipinski definition) is 6. The normalized spacial score (nSPS) is 18.3. The van der Waals surface area contributed by atoms with Gasteiger partial charge < -0.3 is 19.9 Å². The Morgan fingerprint density at radius 2 is 2.17 bits per heavy atom. The second kappa shape index (κ2) is 7.65. The Labute approximate surface area is 139 Å². The Morgan fingerprint density at radius 1 is 1.35 bits per heavy atom. The quantitative estimate of drug-likeness (QED) is 0.853. The van der Waals surface area contributed by atoms with E-state index < -0.39 is 0 Å². The van der Waals surface area contributed by atoms with E-state index in [2.05, 4.69) is 15.2 Å². The van der Waals surface area contributed by atoms with E-state index >= 15 is 0 Å². The maximum atomic E-state index is 11.9. The minimum atomic E-state index is -0.134. The molecule has 124 valence electrons. The van der Waals surface area contributed by atoms with Gasteiger partial charge in [-0.2, -0.15) is 0 Å². The third kappa shape index (κ3) is 4.35. The number of nitrogens with one attached hydrogen (secondary N) is 1. The van der Waals surface area contributed by atoms with Gasteiger partial charge in [0.2, 0.25) is 5.91 Å². The largest absolute Gasteiger partial charge is 0.378 e. The van der Waals surface area contributed by atoms with Crippen LogP contribution in [0.3, 0.4) is 0 Å². The average molecular weight is 336 g/mol. The summed E-state index contributed by atoms with van der Waals surface area (Å²) in [7, 11) is 0. The van der Waals surface area contributed by atoms with Gasteiger partial charge in [0.05, 0.1) is 13.2 Å². The fourth-order valence-electron chi connectivity index (χ4n) is 2.54. The molecule has 3 heterocycles. The van der Waals surface area contributed by atoms with Crippen LogP contribution in [0.1, 0.15) is 5.56 Å². The lowest BCUT2D eigenvalue weighted by Crippen LogP contribution is -2.37. The Balaban J connectivity index is 1.51. The summed E-state index contributed by atoms with van der Waals surface area (Å²) in [6, 6.07) is 3.88. The van der Waals surface area contributed by atoms with Gasteiger partial charge >= 0.3 is 0 Å². The maximum absolute atomic E-state index is 11.9. The van der Waals surface area contributed by atoms with Gasteiger partial charge in [0.1, 0.15) is 12.4 Å². The fraction of sp³-hybridized carbons (Fsp3) is 0.533. The first-order valence-corrected chi connectivity index (χ1v) is 8.67. The second-order valence-corrected chi connectivity index (χ2v) is 6.48. The SMILES string of the molecule is O=C(CN1CCSC1=O)NCc1ccnc(N2CCOCC2)c1. The molecule has 0 bridgehead atoms. The van der Waals surface area contributed by atoms with Crippen LogP contribution in [-0.4, -0.2) is 66.2 Å². The summed E-state index contributed by atoms with van der Waals surface area (Å²) >= 11 is 1.26. The molecule has 0 saturated carbocycles. The van der Waals surface area contributed by atoms with Crippen molar-refractivity contribution in [2.45, 2.75) is 6.54 Å². The summed E-state index contributed by atoms with van der Waals surface area (Å²) in [6.45, 7) is 4.30. The lowest BCUT2D eigenvalue weighted by molar-refractivity contribution is -0.121. The van der Waals surface area contributed by atoms with Gasteiger partial charge in [-0.3, -0.25) is 9.59 Å². The minimum absolute atomic E-state index is 0.0151. The molecule has 0 aliphatic carbocycles. The molecule has 2 saturated heterocycles. The lowest BCUT2D eigenvalue weighted by Gasteiger charge is -2.28. The van der Waals surface area contributed by atoms with E-state index in [0.29, 0.717) is 26.3 Å². The van der Waals surface area contributed by atoms with Gasteiger partial charge in [-0.15, -0.1) is 0 Å². The van der Waals surface area contributed by atoms with Crippen LogP contribution in [0.25, 0.3) is 0 Å². The van der Waals surface area contributed by atoms with E-state index in [0.717, 1.165) is 30.2 Å². The third-order valence-electron chi connectivity index (χ3n) is 3.81. The van der Waals surface area contributed by atoms with Crippen molar-refractivity contribution in [2.24, 2.45) is 0 Å². The van der Waals surface area contributed by atoms with Gasteiger partial charge in [0, 0.05) is 38.1 Å². The van der Waals surface area contributed by atoms with Crippen molar-refractivity contribution >= 4 is 28.7 Å². The van der Waals surface area contributed by atoms with E-state index in [1.54, 1.807) is 11.1 Å². The molecule has 1 N–H and O–H groups in total. The van der Waals surface area contributed by atoms with Crippen molar-refractivity contribution < 1.29 is 14.3 Å². The average Bonchev–Trinajstić information content (AvgIpc) is 2.99. The van der Waals surface area contributed by atoms with Crippen LogP contribution in [0.5, 0.6) is 0 Å². The number of rotatable bonds is 5. The number of ether oxygens (including phenoxy) is 1. The Bertz CT molecular complexity index is 578. The Kier molecular flexibility index (Phi) is 5.35. The summed E-state index contributed by atoms with van der Waals surface area (Å²) in [5, 5.41) is 2.85. The first-order valence-electron chi connectivity index (χ1n) is 7.68. The van der Waals surface area contributed by atoms with Gasteiger partial charge in [0.15, 0.2) is 0 Å². The number of carbonyl (C=O) groups is 2. The number of morpholine rings is 1. The number of hydrogen-bond donors (Lipinski definition) is 1. The first-order chi connectivity index (χ1) is 11.2. The molecule has 0 atom stereocenters. The summed E-state index contributed by atoms with van der Waals surface area (Å²) in [6.07, 6.45) is 1.76. The summed E-state index contributed by atoms with van der Waals surface area (Å²) in [5.74, 6) is 1.54. The summed E-state index contributed by atoms with van der Waals surface area (Å²) < 4.78 is 5.34. The van der Waals surface area contributed by atoms with Crippen molar-refractivity contribution in [1.82, 2.24) is 15.2 Å². The number of carbonyl (C=O) groups excluding carboxylic acids is 2. The zero-order chi connectivity index (χ0) is 16.1. The molecule has 2 aliphatic rings. The molecule has 1 aromatic heterocycles. The molecule has 0 unspecified atom stereocenters. The summed E-state index contributed by atoms with van der Waals surface area (Å²) in [4.78, 5) is 31.6. The molecule has 7 nitrogen and oxygen atoms in total. The van der Waals surface area contributed by atoms with E-state index in [9.17, 15) is 9.59 Å². The van der Waals surface area contributed by atoms with Crippen molar-refractivity contribution in [2.75, 3.05) is 50.0 Å². The molecule has 0 radical (unpaired) electrons. The van der Waals surface area contributed by atoms with Crippen LogP contribution in [0, 0.1) is 0 Å². The molecule has 2 fully saturated rings. The zero-order valence-electron chi connectivity index (χ0n) is 12.9. The Morgan fingerprint density at radius 3 is 2.91 bits per heavy atom. The van der Waals surface area contributed by atoms with Crippen molar-refractivity contribution in [1.29, 1.82) is 0 Å². The molecule has 3 rings (SSSR count). The number of amides is 2. The lowest BCUT2D eigenvalue weighted by atomic mass is 10.2. The number of aromatic nitrogens is 1. The third-order valence-corrected chi connectivity index (χ3v) is 4.71. The minimum Gasteiger partial charge on any atom is -0.378 e. The molecule has 2 amide bonds. The number of nitrogens with zero attached hydrogens (tertiary/aromatic N) is 3. The smallest absolute Gasteiger partial charge is 0.282 e. The van der Waals surface area contributed by atoms with E-state index in [1.165, 1.54) is 11.8 Å². The highest BCUT2D eigenvalue weighted by atomic mass is 32.2. The van der Waals surface area contributed by atoms with E-state index in [-0.39, 0.29) is 17.7 Å². The topological polar surface area (TPSA) is 74.8 Å². The van der Waals surface area contributed by atoms with Crippen LogP contribution in [0.4, 0.5) is 10.6 Å². The summed E-state index contributed by atoms with van der Waals surface area (Å²) in [5.41, 5.74) is 0.997. The molecule has 23 heavy (non-hydrogen) atoms. The van der Waals surface area contributed by atoms with Gasteiger partial charge in [0.25, 0.3) is 5.24 Å². The zero-order valence-corrected chi connectivity index (χ0v) is 13.7.